The second-order valence-electron chi connectivity index (χ2n) is 13.7. The van der Waals surface area contributed by atoms with Gasteiger partial charge in [0.1, 0.15) is 12.2 Å². The predicted molar refractivity (Wildman–Crippen MR) is 146 cm³/mol. The molecule has 9 atom stereocenters. The molecular formula is C32H42O9. The smallest absolute Gasteiger partial charge is 0.333 e. The Morgan fingerprint density at radius 2 is 1.88 bits per heavy atom. The molecule has 9 heteroatoms. The number of hydrogen-bond acceptors (Lipinski definition) is 9. The average molecular weight is 571 g/mol. The van der Waals surface area contributed by atoms with Crippen molar-refractivity contribution in [3.8, 4) is 0 Å². The van der Waals surface area contributed by atoms with Crippen LogP contribution in [0.3, 0.4) is 0 Å². The first kappa shape index (κ1) is 29.5. The van der Waals surface area contributed by atoms with Crippen LogP contribution in [-0.4, -0.2) is 47.6 Å². The zero-order valence-corrected chi connectivity index (χ0v) is 25.0. The number of Topliss-reactive ketones (excluding diaryl/α,β-unsaturated/α-hetero) is 1. The van der Waals surface area contributed by atoms with Crippen LogP contribution in [0.25, 0.3) is 0 Å². The lowest BCUT2D eigenvalue weighted by atomic mass is 9.36. The van der Waals surface area contributed by atoms with Crippen molar-refractivity contribution in [2.24, 2.45) is 39.9 Å². The van der Waals surface area contributed by atoms with Crippen LogP contribution in [-0.2, 0) is 33.4 Å². The third-order valence-corrected chi connectivity index (χ3v) is 11.5. The van der Waals surface area contributed by atoms with Gasteiger partial charge in [0.15, 0.2) is 11.4 Å². The van der Waals surface area contributed by atoms with Crippen LogP contribution >= 0.6 is 0 Å². The molecule has 5 rings (SSSR count). The molecule has 4 fully saturated rings. The highest BCUT2D eigenvalue weighted by Gasteiger charge is 2.76. The van der Waals surface area contributed by atoms with Gasteiger partial charge in [0.05, 0.1) is 19.6 Å². The lowest BCUT2D eigenvalue weighted by Crippen LogP contribution is -2.77. The summed E-state index contributed by atoms with van der Waals surface area (Å²) >= 11 is 0. The molecular weight excluding hydrogens is 528 g/mol. The molecule has 0 aromatic carbocycles. The van der Waals surface area contributed by atoms with Crippen LogP contribution in [0.2, 0.25) is 0 Å². The molecule has 3 saturated carbocycles. The number of carbonyl (C=O) groups excluding carboxylic acids is 4. The highest BCUT2D eigenvalue weighted by Crippen LogP contribution is 2.70. The monoisotopic (exact) mass is 570 g/mol. The topological polar surface area (TPSA) is 129 Å². The van der Waals surface area contributed by atoms with Crippen LogP contribution in [0.4, 0.5) is 0 Å². The van der Waals surface area contributed by atoms with Crippen molar-refractivity contribution in [1.29, 1.82) is 0 Å². The van der Waals surface area contributed by atoms with Crippen molar-refractivity contribution in [3.63, 3.8) is 0 Å². The molecule has 41 heavy (non-hydrogen) atoms. The largest absolute Gasteiger partial charge is 0.472 e. The van der Waals surface area contributed by atoms with Gasteiger partial charge in [-0.05, 0) is 62.8 Å². The number of carbonyl (C=O) groups is 4. The maximum atomic E-state index is 14.5. The summed E-state index contributed by atoms with van der Waals surface area (Å²) in [6.07, 6.45) is 4.52. The number of methoxy groups -OCH3 is 1. The zero-order chi connectivity index (χ0) is 30.1. The van der Waals surface area contributed by atoms with Gasteiger partial charge in [-0.1, -0.05) is 33.8 Å². The Hall–Kier alpha value is -2.94. The normalized spacial score (nSPS) is 41.5. The Labute approximate surface area is 241 Å². The van der Waals surface area contributed by atoms with E-state index < -0.39 is 57.7 Å². The van der Waals surface area contributed by atoms with E-state index in [-0.39, 0.29) is 43.0 Å². The third-order valence-electron chi connectivity index (χ3n) is 11.5. The summed E-state index contributed by atoms with van der Waals surface area (Å²) in [5.74, 6) is -3.09. The summed E-state index contributed by atoms with van der Waals surface area (Å²) in [6.45, 7) is 11.0. The SMILES string of the molecule is CC=C(C)C(=O)OC1C2(O)CC3C4CC(=O)OC(c5ccoc5)C4(C)CCC3C(C)(C2=O)C(CC(=O)OC)C1(C)C. The fraction of sp³-hybridized carbons (Fsp3) is 0.688. The molecule has 1 saturated heterocycles. The van der Waals surface area contributed by atoms with Crippen molar-refractivity contribution >= 4 is 23.7 Å². The van der Waals surface area contributed by atoms with E-state index >= 15 is 0 Å². The second kappa shape index (κ2) is 9.82. The molecule has 4 aliphatic rings. The Bertz CT molecular complexity index is 1280. The molecule has 3 aliphatic carbocycles. The molecule has 224 valence electrons. The van der Waals surface area contributed by atoms with Gasteiger partial charge in [-0.15, -0.1) is 0 Å². The van der Waals surface area contributed by atoms with E-state index in [2.05, 4.69) is 6.92 Å². The van der Waals surface area contributed by atoms with Gasteiger partial charge >= 0.3 is 17.9 Å². The quantitative estimate of drug-likeness (QED) is 0.304. The number of aliphatic hydroxyl groups is 1. The number of esters is 3. The molecule has 2 bridgehead atoms. The standard InChI is InChI=1S/C32H42O9/c1-8-17(2)26(35)41-28-29(3,4)22(14-23(33)38-7)31(6)20-9-11-30(5)21(19(20)15-32(28,37)27(31)36)13-24(34)40-25(30)18-10-12-39-16-18/h8,10,12,16,19-22,25,28,37H,9,11,13-15H2,1-7H3. The Balaban J connectivity index is 1.65. The summed E-state index contributed by atoms with van der Waals surface area (Å²) in [7, 11) is 1.31. The van der Waals surface area contributed by atoms with E-state index in [0.29, 0.717) is 18.4 Å². The molecule has 2 heterocycles. The van der Waals surface area contributed by atoms with Crippen LogP contribution in [0.5, 0.6) is 0 Å². The number of hydrogen-bond donors (Lipinski definition) is 1. The fourth-order valence-electron chi connectivity index (χ4n) is 9.33. The number of furan rings is 1. The lowest BCUT2D eigenvalue weighted by Gasteiger charge is -2.68. The zero-order valence-electron chi connectivity index (χ0n) is 25.0. The van der Waals surface area contributed by atoms with Gasteiger partial charge in [-0.3, -0.25) is 14.4 Å². The lowest BCUT2D eigenvalue weighted by molar-refractivity contribution is -0.265. The molecule has 0 spiro atoms. The summed E-state index contributed by atoms with van der Waals surface area (Å²) in [4.78, 5) is 53.5. The third kappa shape index (κ3) is 4.13. The van der Waals surface area contributed by atoms with Crippen molar-refractivity contribution < 1.29 is 42.9 Å². The first-order valence-corrected chi connectivity index (χ1v) is 14.6. The van der Waals surface area contributed by atoms with Crippen molar-refractivity contribution in [2.45, 2.75) is 91.5 Å². The highest BCUT2D eigenvalue weighted by molar-refractivity contribution is 5.97. The molecule has 1 aromatic heterocycles. The minimum absolute atomic E-state index is 0.0545. The molecule has 1 N–H and O–H groups in total. The van der Waals surface area contributed by atoms with Crippen LogP contribution < -0.4 is 0 Å². The molecule has 1 aliphatic heterocycles. The fourth-order valence-corrected chi connectivity index (χ4v) is 9.33. The Morgan fingerprint density at radius 3 is 2.49 bits per heavy atom. The average Bonchev–Trinajstić information content (AvgIpc) is 3.46. The van der Waals surface area contributed by atoms with Crippen molar-refractivity contribution in [2.75, 3.05) is 7.11 Å². The molecule has 0 radical (unpaired) electrons. The first-order chi connectivity index (χ1) is 19.2. The molecule has 0 amide bonds. The van der Waals surface area contributed by atoms with Gasteiger partial charge in [-0.2, -0.15) is 0 Å². The minimum atomic E-state index is -2.00. The number of ether oxygens (including phenoxy) is 3. The van der Waals surface area contributed by atoms with Crippen LogP contribution in [0.15, 0.2) is 34.7 Å². The van der Waals surface area contributed by atoms with E-state index in [4.69, 9.17) is 18.6 Å². The van der Waals surface area contributed by atoms with Crippen molar-refractivity contribution in [3.05, 3.63) is 35.8 Å². The van der Waals surface area contributed by atoms with Gasteiger partial charge in [-0.25, -0.2) is 4.79 Å². The molecule has 9 nitrogen and oxygen atoms in total. The number of fused-ring (bicyclic) bond motifs is 6. The van der Waals surface area contributed by atoms with Gasteiger partial charge in [0, 0.05) is 40.2 Å². The van der Waals surface area contributed by atoms with E-state index in [1.54, 1.807) is 38.5 Å². The van der Waals surface area contributed by atoms with Gasteiger partial charge in [0.2, 0.25) is 0 Å². The number of rotatable bonds is 5. The summed E-state index contributed by atoms with van der Waals surface area (Å²) in [5, 5.41) is 12.5. The second-order valence-corrected chi connectivity index (χ2v) is 13.7. The highest BCUT2D eigenvalue weighted by atomic mass is 16.6. The predicted octanol–water partition coefficient (Wildman–Crippen LogP) is 4.72. The summed E-state index contributed by atoms with van der Waals surface area (Å²) in [5.41, 5.74) is -3.42. The summed E-state index contributed by atoms with van der Waals surface area (Å²) in [6, 6.07) is 1.81. The Morgan fingerprint density at radius 1 is 1.17 bits per heavy atom. The number of cyclic esters (lactones) is 1. The van der Waals surface area contributed by atoms with Crippen molar-refractivity contribution in [1.82, 2.24) is 0 Å². The molecule has 9 unspecified atom stereocenters. The van der Waals surface area contributed by atoms with E-state index in [0.717, 1.165) is 5.56 Å². The summed E-state index contributed by atoms with van der Waals surface area (Å²) < 4.78 is 22.3. The number of ketones is 1. The van der Waals surface area contributed by atoms with E-state index in [1.165, 1.54) is 7.11 Å². The maximum absolute atomic E-state index is 14.5. The van der Waals surface area contributed by atoms with E-state index in [9.17, 15) is 24.3 Å². The minimum Gasteiger partial charge on any atom is -0.472 e. The molecule has 1 aromatic rings. The Kier molecular flexibility index (Phi) is 7.08. The van der Waals surface area contributed by atoms with Crippen LogP contribution in [0.1, 0.15) is 85.3 Å². The van der Waals surface area contributed by atoms with Gasteiger partial charge in [0.25, 0.3) is 0 Å². The number of allylic oxidation sites excluding steroid dienone is 1. The van der Waals surface area contributed by atoms with E-state index in [1.807, 2.05) is 20.8 Å². The van der Waals surface area contributed by atoms with Crippen LogP contribution in [0, 0.1) is 39.9 Å². The van der Waals surface area contributed by atoms with Gasteiger partial charge < -0.3 is 23.7 Å². The maximum Gasteiger partial charge on any atom is 0.333 e. The first-order valence-electron chi connectivity index (χ1n) is 14.6.